The molecule has 2 rings (SSSR count). The van der Waals surface area contributed by atoms with Gasteiger partial charge in [0.1, 0.15) is 0 Å². The minimum Gasteiger partial charge on any atom is -0.322 e. The maximum atomic E-state index is 12.2. The number of hydrogen-bond acceptors (Lipinski definition) is 3. The molecule has 0 aliphatic carbocycles. The zero-order valence-electron chi connectivity index (χ0n) is 11.1. The Labute approximate surface area is 122 Å². The SMILES string of the molecule is Cc1cc(Cl)c(C(=O)Nc2cc(C#N)ccc2C)cn1. The molecule has 0 spiro atoms. The Morgan fingerprint density at radius 2 is 2.10 bits per heavy atom. The highest BCUT2D eigenvalue weighted by Crippen LogP contribution is 2.20. The van der Waals surface area contributed by atoms with Crippen molar-refractivity contribution in [1.29, 1.82) is 5.26 Å². The minimum atomic E-state index is -0.347. The summed E-state index contributed by atoms with van der Waals surface area (Å²) in [6.07, 6.45) is 1.44. The van der Waals surface area contributed by atoms with E-state index in [-0.39, 0.29) is 5.91 Å². The average molecular weight is 286 g/mol. The Balaban J connectivity index is 2.30. The first kappa shape index (κ1) is 14.0. The van der Waals surface area contributed by atoms with Crippen LogP contribution in [0.15, 0.2) is 30.5 Å². The second-order valence-corrected chi connectivity index (χ2v) is 4.81. The molecule has 0 saturated carbocycles. The van der Waals surface area contributed by atoms with Gasteiger partial charge < -0.3 is 5.32 Å². The fraction of sp³-hybridized carbons (Fsp3) is 0.133. The predicted octanol–water partition coefficient (Wildman–Crippen LogP) is 3.48. The van der Waals surface area contributed by atoms with Crippen LogP contribution in [0.3, 0.4) is 0 Å². The van der Waals surface area contributed by atoms with Gasteiger partial charge in [0.25, 0.3) is 5.91 Å². The van der Waals surface area contributed by atoms with E-state index in [1.54, 1.807) is 31.2 Å². The van der Waals surface area contributed by atoms with Crippen molar-refractivity contribution in [3.63, 3.8) is 0 Å². The maximum Gasteiger partial charge on any atom is 0.258 e. The molecule has 0 aliphatic heterocycles. The molecule has 4 nitrogen and oxygen atoms in total. The summed E-state index contributed by atoms with van der Waals surface area (Å²) in [4.78, 5) is 16.2. The van der Waals surface area contributed by atoms with E-state index in [9.17, 15) is 4.79 Å². The van der Waals surface area contributed by atoms with Crippen LogP contribution < -0.4 is 5.32 Å². The second-order valence-electron chi connectivity index (χ2n) is 4.40. The summed E-state index contributed by atoms with van der Waals surface area (Å²) < 4.78 is 0. The lowest BCUT2D eigenvalue weighted by Crippen LogP contribution is -2.14. The fourth-order valence-electron chi connectivity index (χ4n) is 1.71. The molecule has 1 N–H and O–H groups in total. The first-order valence-corrected chi connectivity index (χ1v) is 6.33. The molecule has 0 saturated heterocycles. The smallest absolute Gasteiger partial charge is 0.258 e. The van der Waals surface area contributed by atoms with Crippen molar-refractivity contribution < 1.29 is 4.79 Å². The molecule has 0 aliphatic rings. The highest BCUT2D eigenvalue weighted by atomic mass is 35.5. The number of carbonyl (C=O) groups excluding carboxylic acids is 1. The van der Waals surface area contributed by atoms with E-state index in [0.29, 0.717) is 21.8 Å². The lowest BCUT2D eigenvalue weighted by Gasteiger charge is -2.09. The molecular weight excluding hydrogens is 274 g/mol. The molecular formula is C15H12ClN3O. The molecule has 100 valence electrons. The van der Waals surface area contributed by atoms with Gasteiger partial charge in [0.05, 0.1) is 22.2 Å². The van der Waals surface area contributed by atoms with Crippen molar-refractivity contribution in [2.45, 2.75) is 13.8 Å². The molecule has 0 bridgehead atoms. The topological polar surface area (TPSA) is 65.8 Å². The van der Waals surface area contributed by atoms with Gasteiger partial charge in [-0.15, -0.1) is 0 Å². The van der Waals surface area contributed by atoms with E-state index in [1.807, 2.05) is 13.0 Å². The number of amides is 1. The first-order valence-electron chi connectivity index (χ1n) is 5.95. The van der Waals surface area contributed by atoms with E-state index in [0.717, 1.165) is 11.3 Å². The van der Waals surface area contributed by atoms with Crippen LogP contribution >= 0.6 is 11.6 Å². The van der Waals surface area contributed by atoms with Gasteiger partial charge >= 0.3 is 0 Å². The number of anilines is 1. The van der Waals surface area contributed by atoms with Crippen LogP contribution in [-0.2, 0) is 0 Å². The highest BCUT2D eigenvalue weighted by Gasteiger charge is 2.12. The summed E-state index contributed by atoms with van der Waals surface area (Å²) in [5.74, 6) is -0.347. The van der Waals surface area contributed by atoms with E-state index < -0.39 is 0 Å². The van der Waals surface area contributed by atoms with E-state index in [1.165, 1.54) is 6.20 Å². The van der Waals surface area contributed by atoms with Gasteiger partial charge in [-0.25, -0.2) is 0 Å². The van der Waals surface area contributed by atoms with Crippen molar-refractivity contribution in [2.75, 3.05) is 5.32 Å². The Morgan fingerprint density at radius 1 is 1.35 bits per heavy atom. The zero-order chi connectivity index (χ0) is 14.7. The number of rotatable bonds is 2. The number of aryl methyl sites for hydroxylation is 2. The maximum absolute atomic E-state index is 12.2. The number of nitrogens with zero attached hydrogens (tertiary/aromatic N) is 2. The van der Waals surface area contributed by atoms with Gasteiger partial charge in [-0.05, 0) is 37.6 Å². The molecule has 2 aromatic rings. The molecule has 1 amide bonds. The third-order valence-corrected chi connectivity index (χ3v) is 3.16. The van der Waals surface area contributed by atoms with Crippen molar-refractivity contribution in [3.8, 4) is 6.07 Å². The second kappa shape index (κ2) is 5.72. The van der Waals surface area contributed by atoms with Crippen molar-refractivity contribution in [2.24, 2.45) is 0 Å². The molecule has 0 radical (unpaired) electrons. The Kier molecular flexibility index (Phi) is 4.02. The zero-order valence-corrected chi connectivity index (χ0v) is 11.8. The number of nitrogens with one attached hydrogen (secondary N) is 1. The van der Waals surface area contributed by atoms with Gasteiger partial charge in [0, 0.05) is 17.6 Å². The van der Waals surface area contributed by atoms with Gasteiger partial charge in [-0.1, -0.05) is 17.7 Å². The molecule has 20 heavy (non-hydrogen) atoms. The van der Waals surface area contributed by atoms with Crippen molar-refractivity contribution in [3.05, 3.63) is 57.9 Å². The molecule has 0 atom stereocenters. The largest absolute Gasteiger partial charge is 0.322 e. The van der Waals surface area contributed by atoms with Crippen LogP contribution in [0.2, 0.25) is 5.02 Å². The number of benzene rings is 1. The summed E-state index contributed by atoms with van der Waals surface area (Å²) >= 11 is 6.04. The number of aromatic nitrogens is 1. The van der Waals surface area contributed by atoms with Crippen LogP contribution in [0.5, 0.6) is 0 Å². The normalized spacial score (nSPS) is 9.90. The highest BCUT2D eigenvalue weighted by molar-refractivity contribution is 6.34. The minimum absolute atomic E-state index is 0.305. The van der Waals surface area contributed by atoms with Crippen LogP contribution in [-0.4, -0.2) is 10.9 Å². The standard InChI is InChI=1S/C15H12ClN3O/c1-9-3-4-11(7-17)6-14(9)19-15(20)12-8-18-10(2)5-13(12)16/h3-6,8H,1-2H3,(H,19,20). The first-order chi connectivity index (χ1) is 9.51. The summed E-state index contributed by atoms with van der Waals surface area (Å²) in [5.41, 5.74) is 2.99. The molecule has 1 heterocycles. The molecule has 1 aromatic carbocycles. The average Bonchev–Trinajstić information content (AvgIpc) is 2.41. The van der Waals surface area contributed by atoms with Crippen LogP contribution in [0.1, 0.15) is 27.2 Å². The Morgan fingerprint density at radius 3 is 2.75 bits per heavy atom. The summed E-state index contributed by atoms with van der Waals surface area (Å²) in [6, 6.07) is 8.78. The molecule has 5 heteroatoms. The third kappa shape index (κ3) is 2.95. The number of nitriles is 1. The van der Waals surface area contributed by atoms with E-state index >= 15 is 0 Å². The molecule has 0 unspecified atom stereocenters. The fourth-order valence-corrected chi connectivity index (χ4v) is 2.00. The summed E-state index contributed by atoms with van der Waals surface area (Å²) in [5, 5.41) is 12.0. The van der Waals surface area contributed by atoms with Crippen LogP contribution in [0.4, 0.5) is 5.69 Å². The van der Waals surface area contributed by atoms with Gasteiger partial charge in [-0.2, -0.15) is 5.26 Å². The van der Waals surface area contributed by atoms with Gasteiger partial charge in [-0.3, -0.25) is 9.78 Å². The lowest BCUT2D eigenvalue weighted by molar-refractivity contribution is 0.102. The van der Waals surface area contributed by atoms with Gasteiger partial charge in [0.2, 0.25) is 0 Å². The molecule has 0 fully saturated rings. The van der Waals surface area contributed by atoms with Crippen LogP contribution in [0, 0.1) is 25.2 Å². The van der Waals surface area contributed by atoms with E-state index in [2.05, 4.69) is 10.3 Å². The monoisotopic (exact) mass is 285 g/mol. The Hall–Kier alpha value is -2.38. The van der Waals surface area contributed by atoms with Gasteiger partial charge in [0.15, 0.2) is 0 Å². The summed E-state index contributed by atoms with van der Waals surface area (Å²) in [7, 11) is 0. The number of pyridine rings is 1. The number of halogens is 1. The van der Waals surface area contributed by atoms with Crippen molar-refractivity contribution >= 4 is 23.2 Å². The van der Waals surface area contributed by atoms with E-state index in [4.69, 9.17) is 16.9 Å². The van der Waals surface area contributed by atoms with Crippen LogP contribution in [0.25, 0.3) is 0 Å². The molecule has 1 aromatic heterocycles. The quantitative estimate of drug-likeness (QED) is 0.918. The van der Waals surface area contributed by atoms with Crippen molar-refractivity contribution in [1.82, 2.24) is 4.98 Å². The number of carbonyl (C=O) groups is 1. The predicted molar refractivity (Wildman–Crippen MR) is 77.8 cm³/mol. The lowest BCUT2D eigenvalue weighted by atomic mass is 10.1. The third-order valence-electron chi connectivity index (χ3n) is 2.85. The number of hydrogen-bond donors (Lipinski definition) is 1. The Bertz CT molecular complexity index is 720. The summed E-state index contributed by atoms with van der Waals surface area (Å²) in [6.45, 7) is 3.65.